The van der Waals surface area contributed by atoms with Gasteiger partial charge in [-0.1, -0.05) is 23.8 Å². The molecule has 0 amide bonds. The van der Waals surface area contributed by atoms with E-state index in [2.05, 4.69) is 10.2 Å². The molecular weight excluding hydrogens is 344 g/mol. The van der Waals surface area contributed by atoms with Crippen molar-refractivity contribution in [3.63, 3.8) is 0 Å². The average Bonchev–Trinajstić information content (AvgIpc) is 2.99. The zero-order valence-corrected chi connectivity index (χ0v) is 14.6. The fourth-order valence-electron chi connectivity index (χ4n) is 2.49. The lowest BCUT2D eigenvalue weighted by molar-refractivity contribution is 0.251. The van der Waals surface area contributed by atoms with Crippen molar-refractivity contribution < 1.29 is 13.5 Å². The molecule has 4 nitrogen and oxygen atoms in total. The van der Waals surface area contributed by atoms with E-state index >= 15 is 0 Å². The molecule has 1 aromatic heterocycles. The van der Waals surface area contributed by atoms with Crippen LogP contribution >= 0.6 is 11.8 Å². The van der Waals surface area contributed by atoms with E-state index in [1.54, 1.807) is 16.7 Å². The van der Waals surface area contributed by atoms with Crippen molar-refractivity contribution in [1.29, 1.82) is 0 Å². The predicted octanol–water partition coefficient (Wildman–Crippen LogP) is 4.96. The molecule has 25 heavy (non-hydrogen) atoms. The average molecular weight is 361 g/mol. The highest BCUT2D eigenvalue weighted by Crippen LogP contribution is 2.31. The molecule has 0 aliphatic carbocycles. The molecule has 0 bridgehead atoms. The van der Waals surface area contributed by atoms with Gasteiger partial charge >= 0.3 is 0 Å². The van der Waals surface area contributed by atoms with E-state index in [-0.39, 0.29) is 5.16 Å². The fourth-order valence-corrected chi connectivity index (χ4v) is 3.03. The van der Waals surface area contributed by atoms with E-state index in [4.69, 9.17) is 4.74 Å². The number of alkyl halides is 2. The van der Waals surface area contributed by atoms with Crippen LogP contribution in [0.1, 0.15) is 12.5 Å². The van der Waals surface area contributed by atoms with Gasteiger partial charge in [0, 0.05) is 5.56 Å². The lowest BCUT2D eigenvalue weighted by Gasteiger charge is -2.11. The maximum absolute atomic E-state index is 12.9. The van der Waals surface area contributed by atoms with Gasteiger partial charge in [0.25, 0.3) is 5.76 Å². The largest absolute Gasteiger partial charge is 0.494 e. The topological polar surface area (TPSA) is 39.9 Å². The van der Waals surface area contributed by atoms with Gasteiger partial charge in [0.2, 0.25) is 5.16 Å². The SMILES string of the molecule is CCOc1ccc(-n2c(SC(F)F)nnc2-c2cccc(C)c2)cc1. The van der Waals surface area contributed by atoms with Crippen LogP contribution in [-0.2, 0) is 0 Å². The number of nitrogens with zero attached hydrogens (tertiary/aromatic N) is 3. The summed E-state index contributed by atoms with van der Waals surface area (Å²) in [5.41, 5.74) is 2.58. The van der Waals surface area contributed by atoms with Crippen LogP contribution in [0.2, 0.25) is 0 Å². The third-order valence-corrected chi connectivity index (χ3v) is 4.16. The third-order valence-electron chi connectivity index (χ3n) is 3.51. The minimum atomic E-state index is -2.57. The molecule has 7 heteroatoms. The van der Waals surface area contributed by atoms with Crippen molar-refractivity contribution in [3.8, 4) is 22.8 Å². The lowest BCUT2D eigenvalue weighted by atomic mass is 10.1. The first kappa shape index (κ1) is 17.4. The molecule has 0 aliphatic heterocycles. The maximum atomic E-state index is 12.9. The van der Waals surface area contributed by atoms with Gasteiger partial charge in [0.15, 0.2) is 5.82 Å². The van der Waals surface area contributed by atoms with Gasteiger partial charge in [-0.2, -0.15) is 8.78 Å². The standard InChI is InChI=1S/C18H17F2N3OS/c1-3-24-15-9-7-14(8-10-15)23-16(13-6-4-5-12(2)11-13)21-22-18(23)25-17(19)20/h4-11,17H,3H2,1-2H3. The quantitative estimate of drug-likeness (QED) is 0.582. The van der Waals surface area contributed by atoms with E-state index in [0.717, 1.165) is 16.9 Å². The van der Waals surface area contributed by atoms with Crippen molar-refractivity contribution in [2.45, 2.75) is 24.8 Å². The molecular formula is C18H17F2N3OS. The van der Waals surface area contributed by atoms with Crippen LogP contribution in [-0.4, -0.2) is 27.1 Å². The second kappa shape index (κ2) is 7.65. The van der Waals surface area contributed by atoms with Crippen molar-refractivity contribution >= 4 is 11.8 Å². The molecule has 0 saturated carbocycles. The van der Waals surface area contributed by atoms with Crippen LogP contribution in [0.5, 0.6) is 5.75 Å². The Morgan fingerprint density at radius 2 is 1.88 bits per heavy atom. The minimum absolute atomic E-state index is 0.149. The third kappa shape index (κ3) is 3.99. The van der Waals surface area contributed by atoms with E-state index in [0.29, 0.717) is 29.9 Å². The highest BCUT2D eigenvalue weighted by molar-refractivity contribution is 7.99. The molecule has 3 rings (SSSR count). The number of aryl methyl sites for hydroxylation is 1. The minimum Gasteiger partial charge on any atom is -0.494 e. The van der Waals surface area contributed by atoms with Crippen molar-refractivity contribution in [3.05, 3.63) is 54.1 Å². The number of benzene rings is 2. The Labute approximate surface area is 148 Å². The molecule has 0 N–H and O–H groups in total. The number of aromatic nitrogens is 3. The number of thioether (sulfide) groups is 1. The van der Waals surface area contributed by atoms with Crippen LogP contribution in [0, 0.1) is 6.92 Å². The Bertz CT molecular complexity index is 850. The molecule has 1 heterocycles. The van der Waals surface area contributed by atoms with E-state index < -0.39 is 5.76 Å². The zero-order chi connectivity index (χ0) is 17.8. The Morgan fingerprint density at radius 1 is 1.12 bits per heavy atom. The van der Waals surface area contributed by atoms with Crippen LogP contribution in [0.3, 0.4) is 0 Å². The van der Waals surface area contributed by atoms with Gasteiger partial charge in [-0.25, -0.2) is 0 Å². The number of ether oxygens (including phenoxy) is 1. The first-order chi connectivity index (χ1) is 12.1. The summed E-state index contributed by atoms with van der Waals surface area (Å²) >= 11 is 0.379. The summed E-state index contributed by atoms with van der Waals surface area (Å²) in [5.74, 6) is -1.33. The number of hydrogen-bond acceptors (Lipinski definition) is 4. The van der Waals surface area contributed by atoms with Gasteiger partial charge in [0.1, 0.15) is 5.75 Å². The summed E-state index contributed by atoms with van der Waals surface area (Å²) in [5, 5.41) is 8.25. The Morgan fingerprint density at radius 3 is 2.52 bits per heavy atom. The smallest absolute Gasteiger partial charge is 0.291 e. The summed E-state index contributed by atoms with van der Waals surface area (Å²) in [6, 6.07) is 14.9. The van der Waals surface area contributed by atoms with Crippen molar-refractivity contribution in [2.24, 2.45) is 0 Å². The molecule has 0 fully saturated rings. The lowest BCUT2D eigenvalue weighted by Crippen LogP contribution is -2.01. The summed E-state index contributed by atoms with van der Waals surface area (Å²) in [6.07, 6.45) is 0. The number of hydrogen-bond donors (Lipinski definition) is 0. The van der Waals surface area contributed by atoms with E-state index in [1.807, 2.05) is 50.2 Å². The maximum Gasteiger partial charge on any atom is 0.291 e. The zero-order valence-electron chi connectivity index (χ0n) is 13.8. The second-order valence-corrected chi connectivity index (χ2v) is 6.27. The van der Waals surface area contributed by atoms with E-state index in [9.17, 15) is 8.78 Å². The molecule has 0 atom stereocenters. The molecule has 0 radical (unpaired) electrons. The van der Waals surface area contributed by atoms with E-state index in [1.165, 1.54) is 0 Å². The van der Waals surface area contributed by atoms with Gasteiger partial charge in [-0.3, -0.25) is 4.57 Å². The summed E-state index contributed by atoms with van der Waals surface area (Å²) in [4.78, 5) is 0. The molecule has 0 saturated heterocycles. The second-order valence-electron chi connectivity index (χ2n) is 5.32. The first-order valence-corrected chi connectivity index (χ1v) is 8.67. The van der Waals surface area contributed by atoms with Crippen LogP contribution in [0.4, 0.5) is 8.78 Å². The summed E-state index contributed by atoms with van der Waals surface area (Å²) < 4.78 is 32.9. The fraction of sp³-hybridized carbons (Fsp3) is 0.222. The Kier molecular flexibility index (Phi) is 5.33. The Balaban J connectivity index is 2.09. The molecule has 0 unspecified atom stereocenters. The molecule has 0 aliphatic rings. The summed E-state index contributed by atoms with van der Waals surface area (Å²) in [7, 11) is 0. The highest BCUT2D eigenvalue weighted by Gasteiger charge is 2.19. The van der Waals surface area contributed by atoms with Gasteiger partial charge in [-0.15, -0.1) is 10.2 Å². The predicted molar refractivity (Wildman–Crippen MR) is 94.6 cm³/mol. The monoisotopic (exact) mass is 361 g/mol. The van der Waals surface area contributed by atoms with Crippen LogP contribution in [0.15, 0.2) is 53.7 Å². The van der Waals surface area contributed by atoms with Gasteiger partial charge in [-0.05, 0) is 55.9 Å². The van der Waals surface area contributed by atoms with Crippen molar-refractivity contribution in [1.82, 2.24) is 14.8 Å². The van der Waals surface area contributed by atoms with Gasteiger partial charge < -0.3 is 4.74 Å². The number of rotatable bonds is 6. The normalized spacial score (nSPS) is 11.1. The van der Waals surface area contributed by atoms with Crippen LogP contribution in [0.25, 0.3) is 17.1 Å². The molecule has 130 valence electrons. The van der Waals surface area contributed by atoms with Crippen molar-refractivity contribution in [2.75, 3.05) is 6.61 Å². The molecule has 3 aromatic rings. The molecule has 2 aromatic carbocycles. The van der Waals surface area contributed by atoms with Crippen LogP contribution < -0.4 is 4.74 Å². The Hall–Kier alpha value is -2.41. The first-order valence-electron chi connectivity index (χ1n) is 7.79. The molecule has 0 spiro atoms. The number of halogens is 2. The van der Waals surface area contributed by atoms with Gasteiger partial charge in [0.05, 0.1) is 12.3 Å². The highest BCUT2D eigenvalue weighted by atomic mass is 32.2. The summed E-state index contributed by atoms with van der Waals surface area (Å²) in [6.45, 7) is 4.43.